The summed E-state index contributed by atoms with van der Waals surface area (Å²) in [6.45, 7) is 0.706. The van der Waals surface area contributed by atoms with Gasteiger partial charge in [0.2, 0.25) is 0 Å². The Kier molecular flexibility index (Phi) is 3.46. The van der Waals surface area contributed by atoms with E-state index >= 15 is 0 Å². The fraction of sp³-hybridized carbons (Fsp3) is 0.312. The number of nitrogen functional groups attached to an aromatic ring is 1. The molecular weight excluding hydrogens is 252 g/mol. The van der Waals surface area contributed by atoms with Gasteiger partial charge in [-0.05, 0) is 36.1 Å². The summed E-state index contributed by atoms with van der Waals surface area (Å²) in [4.78, 5) is 4.13. The van der Waals surface area contributed by atoms with Gasteiger partial charge in [-0.1, -0.05) is 18.2 Å². The minimum absolute atomic E-state index is 0.458. The maximum Gasteiger partial charge on any atom is 0.164 e. The van der Waals surface area contributed by atoms with E-state index in [1.807, 2.05) is 30.5 Å². The summed E-state index contributed by atoms with van der Waals surface area (Å²) < 4.78 is 11.2. The lowest BCUT2D eigenvalue weighted by Crippen LogP contribution is -2.23. The topological polar surface area (TPSA) is 57.4 Å². The van der Waals surface area contributed by atoms with Gasteiger partial charge in [0, 0.05) is 12.1 Å². The Hall–Kier alpha value is -2.23. The number of ether oxygens (including phenoxy) is 2. The molecule has 3 rings (SSSR count). The second-order valence-electron chi connectivity index (χ2n) is 5.13. The van der Waals surface area contributed by atoms with E-state index in [1.165, 1.54) is 11.1 Å². The van der Waals surface area contributed by atoms with Crippen molar-refractivity contribution in [1.82, 2.24) is 4.98 Å². The second kappa shape index (κ2) is 5.41. The highest BCUT2D eigenvalue weighted by Gasteiger charge is 2.22. The van der Waals surface area contributed by atoms with E-state index in [1.54, 1.807) is 7.11 Å². The van der Waals surface area contributed by atoms with Crippen molar-refractivity contribution in [2.24, 2.45) is 5.92 Å². The van der Waals surface area contributed by atoms with E-state index in [0.717, 1.165) is 24.3 Å². The number of pyridine rings is 1. The van der Waals surface area contributed by atoms with E-state index in [-0.39, 0.29) is 0 Å². The molecule has 20 heavy (non-hydrogen) atoms. The Balaban J connectivity index is 1.74. The minimum Gasteiger partial charge on any atom is -0.493 e. The highest BCUT2D eigenvalue weighted by molar-refractivity contribution is 5.47. The molecule has 1 aromatic heterocycles. The summed E-state index contributed by atoms with van der Waals surface area (Å²) in [6.07, 6.45) is 3.79. The summed E-state index contributed by atoms with van der Waals surface area (Å²) in [5, 5.41) is 0. The molecule has 0 aliphatic carbocycles. The van der Waals surface area contributed by atoms with Crippen LogP contribution in [-0.2, 0) is 12.8 Å². The van der Waals surface area contributed by atoms with Gasteiger partial charge in [0.15, 0.2) is 11.5 Å². The Bertz CT molecular complexity index is 596. The van der Waals surface area contributed by atoms with Gasteiger partial charge < -0.3 is 15.2 Å². The number of anilines is 1. The zero-order valence-electron chi connectivity index (χ0n) is 11.5. The SMILES string of the molecule is COc1cccc2c1OC[C@@H](Cc1ccc(N)nc1)C2. The lowest BCUT2D eigenvalue weighted by molar-refractivity contribution is 0.211. The number of para-hydroxylation sites is 1. The molecule has 1 aliphatic rings. The normalized spacial score (nSPS) is 17.1. The number of nitrogens with two attached hydrogens (primary N) is 1. The minimum atomic E-state index is 0.458. The summed E-state index contributed by atoms with van der Waals surface area (Å²) >= 11 is 0. The number of rotatable bonds is 3. The molecule has 4 heteroatoms. The van der Waals surface area contributed by atoms with Crippen LogP contribution >= 0.6 is 0 Å². The third-order valence-corrected chi connectivity index (χ3v) is 3.62. The number of benzene rings is 1. The Morgan fingerprint density at radius 2 is 2.25 bits per heavy atom. The lowest BCUT2D eigenvalue weighted by Gasteiger charge is -2.26. The number of aromatic nitrogens is 1. The summed E-state index contributed by atoms with van der Waals surface area (Å²) in [5.74, 6) is 2.72. The first-order valence-corrected chi connectivity index (χ1v) is 6.75. The van der Waals surface area contributed by atoms with E-state index < -0.39 is 0 Å². The molecule has 1 aromatic carbocycles. The van der Waals surface area contributed by atoms with Gasteiger partial charge in [-0.2, -0.15) is 0 Å². The Labute approximate surface area is 118 Å². The van der Waals surface area contributed by atoms with Gasteiger partial charge in [-0.15, -0.1) is 0 Å². The lowest BCUT2D eigenvalue weighted by atomic mass is 9.91. The molecule has 1 aliphatic heterocycles. The van der Waals surface area contributed by atoms with Crippen LogP contribution in [0.15, 0.2) is 36.5 Å². The summed E-state index contributed by atoms with van der Waals surface area (Å²) in [7, 11) is 1.67. The zero-order chi connectivity index (χ0) is 13.9. The van der Waals surface area contributed by atoms with E-state index in [9.17, 15) is 0 Å². The van der Waals surface area contributed by atoms with Crippen LogP contribution in [0.1, 0.15) is 11.1 Å². The zero-order valence-corrected chi connectivity index (χ0v) is 11.5. The molecule has 0 fully saturated rings. The standard InChI is InChI=1S/C16H18N2O2/c1-19-14-4-2-3-13-8-12(10-20-16(13)14)7-11-5-6-15(17)18-9-11/h2-6,9,12H,7-8,10H2,1H3,(H2,17,18)/t12-/m0/s1. The van der Waals surface area contributed by atoms with Crippen molar-refractivity contribution < 1.29 is 9.47 Å². The van der Waals surface area contributed by atoms with Crippen molar-refractivity contribution in [1.29, 1.82) is 0 Å². The number of hydrogen-bond donors (Lipinski definition) is 1. The van der Waals surface area contributed by atoms with Crippen molar-refractivity contribution in [3.63, 3.8) is 0 Å². The maximum absolute atomic E-state index is 5.88. The molecule has 0 bridgehead atoms. The van der Waals surface area contributed by atoms with E-state index in [2.05, 4.69) is 11.1 Å². The predicted octanol–water partition coefficient (Wildman–Crippen LogP) is 2.47. The number of nitrogens with zero attached hydrogens (tertiary/aromatic N) is 1. The molecule has 2 N–H and O–H groups in total. The molecule has 0 saturated heterocycles. The second-order valence-corrected chi connectivity index (χ2v) is 5.13. The Morgan fingerprint density at radius 1 is 1.35 bits per heavy atom. The first kappa shape index (κ1) is 12.8. The summed E-state index contributed by atoms with van der Waals surface area (Å²) in [5.41, 5.74) is 8.01. The quantitative estimate of drug-likeness (QED) is 0.930. The van der Waals surface area contributed by atoms with Crippen LogP contribution < -0.4 is 15.2 Å². The average molecular weight is 270 g/mol. The molecule has 104 valence electrons. The summed E-state index contributed by atoms with van der Waals surface area (Å²) in [6, 6.07) is 9.92. The molecule has 0 spiro atoms. The molecule has 2 heterocycles. The number of methoxy groups -OCH3 is 1. The maximum atomic E-state index is 5.88. The van der Waals surface area contributed by atoms with Crippen LogP contribution in [0.2, 0.25) is 0 Å². The van der Waals surface area contributed by atoms with Crippen LogP contribution in [-0.4, -0.2) is 18.7 Å². The first-order chi connectivity index (χ1) is 9.76. The van der Waals surface area contributed by atoms with Crippen LogP contribution in [0.25, 0.3) is 0 Å². The molecule has 4 nitrogen and oxygen atoms in total. The molecule has 0 saturated carbocycles. The fourth-order valence-corrected chi connectivity index (χ4v) is 2.64. The van der Waals surface area contributed by atoms with Gasteiger partial charge in [-0.25, -0.2) is 4.98 Å². The highest BCUT2D eigenvalue weighted by atomic mass is 16.5. The monoisotopic (exact) mass is 270 g/mol. The largest absolute Gasteiger partial charge is 0.493 e. The Morgan fingerprint density at radius 3 is 3.00 bits per heavy atom. The third-order valence-electron chi connectivity index (χ3n) is 3.62. The van der Waals surface area contributed by atoms with Crippen LogP contribution in [0, 0.1) is 5.92 Å². The molecule has 0 radical (unpaired) electrons. The molecule has 1 atom stereocenters. The highest BCUT2D eigenvalue weighted by Crippen LogP contribution is 2.36. The predicted molar refractivity (Wildman–Crippen MR) is 78.0 cm³/mol. The molecule has 0 unspecified atom stereocenters. The van der Waals surface area contributed by atoms with E-state index in [0.29, 0.717) is 18.3 Å². The fourth-order valence-electron chi connectivity index (χ4n) is 2.64. The van der Waals surface area contributed by atoms with Crippen molar-refractivity contribution in [2.75, 3.05) is 19.5 Å². The van der Waals surface area contributed by atoms with Gasteiger partial charge >= 0.3 is 0 Å². The van der Waals surface area contributed by atoms with Crippen LogP contribution in [0.3, 0.4) is 0 Å². The third kappa shape index (κ3) is 2.54. The van der Waals surface area contributed by atoms with Gasteiger partial charge in [0.05, 0.1) is 13.7 Å². The van der Waals surface area contributed by atoms with Crippen molar-refractivity contribution in [3.05, 3.63) is 47.7 Å². The van der Waals surface area contributed by atoms with Crippen molar-refractivity contribution >= 4 is 5.82 Å². The molecule has 0 amide bonds. The molecule has 2 aromatic rings. The van der Waals surface area contributed by atoms with Gasteiger partial charge in [0.1, 0.15) is 5.82 Å². The van der Waals surface area contributed by atoms with Crippen LogP contribution in [0.5, 0.6) is 11.5 Å². The molecular formula is C16H18N2O2. The van der Waals surface area contributed by atoms with E-state index in [4.69, 9.17) is 15.2 Å². The van der Waals surface area contributed by atoms with Crippen molar-refractivity contribution in [2.45, 2.75) is 12.8 Å². The van der Waals surface area contributed by atoms with Crippen LogP contribution in [0.4, 0.5) is 5.82 Å². The smallest absolute Gasteiger partial charge is 0.164 e. The number of hydrogen-bond acceptors (Lipinski definition) is 4. The van der Waals surface area contributed by atoms with Gasteiger partial charge in [-0.3, -0.25) is 0 Å². The first-order valence-electron chi connectivity index (χ1n) is 6.75. The van der Waals surface area contributed by atoms with Gasteiger partial charge in [0.25, 0.3) is 0 Å². The van der Waals surface area contributed by atoms with Crippen molar-refractivity contribution in [3.8, 4) is 11.5 Å². The average Bonchev–Trinajstić information content (AvgIpc) is 2.49. The number of fused-ring (bicyclic) bond motifs is 1.